The molecule has 1 unspecified atom stereocenters. The van der Waals surface area contributed by atoms with Crippen molar-refractivity contribution in [3.8, 4) is 17.1 Å². The average Bonchev–Trinajstić information content (AvgIpc) is 3.34. The van der Waals surface area contributed by atoms with Crippen molar-refractivity contribution in [1.29, 1.82) is 0 Å². The maximum atomic E-state index is 12.5. The number of benzene rings is 2. The van der Waals surface area contributed by atoms with Crippen LogP contribution in [0.1, 0.15) is 36.3 Å². The first-order chi connectivity index (χ1) is 14.1. The van der Waals surface area contributed by atoms with Crippen LogP contribution in [0.2, 0.25) is 0 Å². The van der Waals surface area contributed by atoms with Crippen LogP contribution >= 0.6 is 0 Å². The van der Waals surface area contributed by atoms with Crippen molar-refractivity contribution in [2.24, 2.45) is 0 Å². The predicted molar refractivity (Wildman–Crippen MR) is 110 cm³/mol. The first kappa shape index (κ1) is 19.2. The van der Waals surface area contributed by atoms with Crippen molar-refractivity contribution in [3.63, 3.8) is 0 Å². The second-order valence-corrected chi connectivity index (χ2v) is 7.40. The molecule has 0 bridgehead atoms. The number of aromatic nitrogens is 2. The van der Waals surface area contributed by atoms with Crippen LogP contribution in [0.5, 0.6) is 5.75 Å². The highest BCUT2D eigenvalue weighted by Crippen LogP contribution is 2.29. The van der Waals surface area contributed by atoms with Crippen LogP contribution in [-0.4, -0.2) is 40.6 Å². The van der Waals surface area contributed by atoms with Crippen molar-refractivity contribution < 1.29 is 14.1 Å². The fraction of sp³-hybridized carbons (Fsp3) is 0.348. The van der Waals surface area contributed by atoms with Crippen LogP contribution < -0.4 is 4.74 Å². The Hall–Kier alpha value is -3.15. The summed E-state index contributed by atoms with van der Waals surface area (Å²) in [6, 6.07) is 16.0. The first-order valence-electron chi connectivity index (χ1n) is 10.0. The lowest BCUT2D eigenvalue weighted by Gasteiger charge is -2.16. The van der Waals surface area contributed by atoms with E-state index in [9.17, 15) is 4.79 Å². The Labute approximate surface area is 170 Å². The zero-order chi connectivity index (χ0) is 20.2. The van der Waals surface area contributed by atoms with Gasteiger partial charge in [-0.25, -0.2) is 0 Å². The molecule has 0 radical (unpaired) electrons. The Bertz CT molecular complexity index is 998. The lowest BCUT2D eigenvalue weighted by atomic mass is 10.1. The minimum absolute atomic E-state index is 0.0590. The van der Waals surface area contributed by atoms with Crippen LogP contribution in [-0.2, 0) is 11.2 Å². The highest BCUT2D eigenvalue weighted by atomic mass is 16.5. The molecule has 6 heteroatoms. The summed E-state index contributed by atoms with van der Waals surface area (Å²) in [6.45, 7) is 5.95. The minimum atomic E-state index is -0.0590. The van der Waals surface area contributed by atoms with E-state index in [0.29, 0.717) is 37.8 Å². The summed E-state index contributed by atoms with van der Waals surface area (Å²) in [5.41, 5.74) is 3.32. The summed E-state index contributed by atoms with van der Waals surface area (Å²) in [6.07, 6.45) is 1.26. The van der Waals surface area contributed by atoms with Crippen molar-refractivity contribution in [2.75, 3.05) is 19.7 Å². The lowest BCUT2D eigenvalue weighted by Crippen LogP contribution is -2.27. The van der Waals surface area contributed by atoms with Gasteiger partial charge in [-0.3, -0.25) is 4.79 Å². The molecule has 0 aliphatic carbocycles. The van der Waals surface area contributed by atoms with E-state index in [1.165, 1.54) is 11.1 Å². The molecular formula is C23H25N3O3. The molecule has 1 atom stereocenters. The largest absolute Gasteiger partial charge is 0.494 e. The van der Waals surface area contributed by atoms with Gasteiger partial charge in [0.25, 0.3) is 0 Å². The highest BCUT2D eigenvalue weighted by molar-refractivity contribution is 5.79. The molecule has 2 aromatic carbocycles. The molecule has 0 spiro atoms. The van der Waals surface area contributed by atoms with Crippen LogP contribution in [0.25, 0.3) is 11.4 Å². The normalized spacial score (nSPS) is 16.4. The zero-order valence-electron chi connectivity index (χ0n) is 16.8. The number of likely N-dealkylation sites (tertiary alicyclic amines) is 1. The van der Waals surface area contributed by atoms with E-state index in [4.69, 9.17) is 9.26 Å². The van der Waals surface area contributed by atoms with E-state index in [1.807, 2.05) is 36.1 Å². The van der Waals surface area contributed by atoms with Gasteiger partial charge in [0.1, 0.15) is 5.75 Å². The summed E-state index contributed by atoms with van der Waals surface area (Å²) in [5, 5.41) is 4.11. The Morgan fingerprint density at radius 2 is 2.07 bits per heavy atom. The number of ether oxygens (including phenoxy) is 1. The number of amides is 1. The van der Waals surface area contributed by atoms with Crippen LogP contribution in [0.3, 0.4) is 0 Å². The minimum Gasteiger partial charge on any atom is -0.494 e. The maximum Gasteiger partial charge on any atom is 0.232 e. The summed E-state index contributed by atoms with van der Waals surface area (Å²) < 4.78 is 11.0. The molecule has 6 nitrogen and oxygen atoms in total. The molecule has 4 rings (SSSR count). The highest BCUT2D eigenvalue weighted by Gasteiger charge is 2.34. The van der Waals surface area contributed by atoms with Crippen molar-refractivity contribution >= 4 is 5.91 Å². The Morgan fingerprint density at radius 1 is 1.21 bits per heavy atom. The molecule has 2 heterocycles. The summed E-state index contributed by atoms with van der Waals surface area (Å²) in [4.78, 5) is 18.9. The Morgan fingerprint density at radius 3 is 2.90 bits per heavy atom. The molecular weight excluding hydrogens is 366 g/mol. The van der Waals surface area contributed by atoms with Gasteiger partial charge in [-0.15, -0.1) is 0 Å². The molecule has 150 valence electrons. The van der Waals surface area contributed by atoms with Gasteiger partial charge in [0.05, 0.1) is 12.5 Å². The number of hydrogen-bond acceptors (Lipinski definition) is 5. The molecule has 0 saturated carbocycles. The monoisotopic (exact) mass is 391 g/mol. The number of hydrogen-bond donors (Lipinski definition) is 0. The second kappa shape index (κ2) is 8.47. The Balaban J connectivity index is 1.41. The predicted octanol–water partition coefficient (Wildman–Crippen LogP) is 4.00. The van der Waals surface area contributed by atoms with Gasteiger partial charge < -0.3 is 14.2 Å². The standard InChI is InChI=1S/C23H25N3O3/c1-3-28-20-9-5-8-18(13-20)22-24-23(29-25-22)19-14-21(27)26(15-19)11-10-17-7-4-6-16(2)12-17/h4-9,12-13,19H,3,10-11,14-15H2,1-2H3. The number of carbonyl (C=O) groups excluding carboxylic acids is 1. The van der Waals surface area contributed by atoms with E-state index in [2.05, 4.69) is 41.3 Å². The van der Waals surface area contributed by atoms with E-state index >= 15 is 0 Å². The van der Waals surface area contributed by atoms with E-state index < -0.39 is 0 Å². The van der Waals surface area contributed by atoms with E-state index in [1.54, 1.807) is 0 Å². The third kappa shape index (κ3) is 4.47. The topological polar surface area (TPSA) is 68.5 Å². The number of carbonyl (C=O) groups is 1. The van der Waals surface area contributed by atoms with Gasteiger partial charge in [0, 0.05) is 25.1 Å². The summed E-state index contributed by atoms with van der Waals surface area (Å²) in [7, 11) is 0. The molecule has 1 aliphatic heterocycles. The van der Waals surface area contributed by atoms with Gasteiger partial charge in [-0.05, 0) is 38.0 Å². The van der Waals surface area contributed by atoms with E-state index in [-0.39, 0.29) is 11.8 Å². The molecule has 0 N–H and O–H groups in total. The van der Waals surface area contributed by atoms with Crippen LogP contribution in [0.15, 0.2) is 53.1 Å². The molecule has 1 aliphatic rings. The average molecular weight is 391 g/mol. The number of aryl methyl sites for hydroxylation is 1. The molecule has 1 fully saturated rings. The third-order valence-electron chi connectivity index (χ3n) is 5.16. The van der Waals surface area contributed by atoms with Crippen LogP contribution in [0.4, 0.5) is 0 Å². The van der Waals surface area contributed by atoms with Crippen molar-refractivity contribution in [2.45, 2.75) is 32.6 Å². The second-order valence-electron chi connectivity index (χ2n) is 7.40. The van der Waals surface area contributed by atoms with Gasteiger partial charge >= 0.3 is 0 Å². The number of nitrogens with zero attached hydrogens (tertiary/aromatic N) is 3. The third-order valence-corrected chi connectivity index (χ3v) is 5.16. The lowest BCUT2D eigenvalue weighted by molar-refractivity contribution is -0.127. The first-order valence-corrected chi connectivity index (χ1v) is 10.0. The molecule has 1 aromatic heterocycles. The van der Waals surface area contributed by atoms with Gasteiger partial charge in [-0.2, -0.15) is 4.98 Å². The Kier molecular flexibility index (Phi) is 5.60. The maximum absolute atomic E-state index is 12.5. The van der Waals surface area contributed by atoms with Gasteiger partial charge in [0.2, 0.25) is 17.6 Å². The van der Waals surface area contributed by atoms with Crippen molar-refractivity contribution in [3.05, 3.63) is 65.5 Å². The smallest absolute Gasteiger partial charge is 0.232 e. The van der Waals surface area contributed by atoms with Gasteiger partial charge in [-0.1, -0.05) is 47.1 Å². The molecule has 1 saturated heterocycles. The fourth-order valence-corrected chi connectivity index (χ4v) is 3.70. The summed E-state index contributed by atoms with van der Waals surface area (Å²) >= 11 is 0. The molecule has 3 aromatic rings. The van der Waals surface area contributed by atoms with Gasteiger partial charge in [0.15, 0.2) is 0 Å². The summed E-state index contributed by atoms with van der Waals surface area (Å²) in [5.74, 6) is 1.90. The molecule has 29 heavy (non-hydrogen) atoms. The van der Waals surface area contributed by atoms with E-state index in [0.717, 1.165) is 17.7 Å². The number of rotatable bonds is 7. The quantitative estimate of drug-likeness (QED) is 0.609. The molecule has 1 amide bonds. The SMILES string of the molecule is CCOc1cccc(-c2noc(C3CC(=O)N(CCc4cccc(C)c4)C3)n2)c1. The van der Waals surface area contributed by atoms with Crippen LogP contribution in [0, 0.1) is 6.92 Å². The zero-order valence-corrected chi connectivity index (χ0v) is 16.8. The van der Waals surface area contributed by atoms with Crippen molar-refractivity contribution in [1.82, 2.24) is 15.0 Å². The fourth-order valence-electron chi connectivity index (χ4n) is 3.70.